The van der Waals surface area contributed by atoms with E-state index in [1.54, 1.807) is 6.20 Å². The molecular formula is C15H23N3O2. The number of amides is 1. The maximum atomic E-state index is 11.8. The molecule has 1 saturated heterocycles. The van der Waals surface area contributed by atoms with Gasteiger partial charge in [-0.25, -0.2) is 0 Å². The van der Waals surface area contributed by atoms with Crippen LogP contribution in [0.4, 0.5) is 0 Å². The highest BCUT2D eigenvalue weighted by atomic mass is 16.5. The third kappa shape index (κ3) is 5.27. The Kier molecular flexibility index (Phi) is 6.47. The molecule has 2 rings (SSSR count). The molecule has 110 valence electrons. The molecule has 20 heavy (non-hydrogen) atoms. The van der Waals surface area contributed by atoms with Crippen LogP contribution in [0.5, 0.6) is 0 Å². The molecule has 1 amide bonds. The minimum absolute atomic E-state index is 0.0389. The summed E-state index contributed by atoms with van der Waals surface area (Å²) in [5.74, 6) is 0.0389. The van der Waals surface area contributed by atoms with Gasteiger partial charge in [-0.2, -0.15) is 0 Å². The van der Waals surface area contributed by atoms with Gasteiger partial charge in [-0.3, -0.25) is 9.78 Å². The van der Waals surface area contributed by atoms with Crippen molar-refractivity contribution in [2.24, 2.45) is 0 Å². The molecule has 2 heterocycles. The van der Waals surface area contributed by atoms with Gasteiger partial charge in [-0.1, -0.05) is 6.07 Å². The number of pyridine rings is 1. The molecule has 1 aliphatic heterocycles. The fourth-order valence-electron chi connectivity index (χ4n) is 2.22. The van der Waals surface area contributed by atoms with Gasteiger partial charge in [0.1, 0.15) is 6.10 Å². The lowest BCUT2D eigenvalue weighted by atomic mass is 10.1. The second-order valence-electron chi connectivity index (χ2n) is 5.04. The van der Waals surface area contributed by atoms with Crippen LogP contribution in [0.15, 0.2) is 24.5 Å². The molecule has 2 N–H and O–H groups in total. The Labute approximate surface area is 120 Å². The molecule has 0 aromatic carbocycles. The van der Waals surface area contributed by atoms with Crippen molar-refractivity contribution in [2.75, 3.05) is 19.7 Å². The van der Waals surface area contributed by atoms with Gasteiger partial charge in [0.2, 0.25) is 5.91 Å². The van der Waals surface area contributed by atoms with E-state index in [4.69, 9.17) is 4.74 Å². The molecule has 1 fully saturated rings. The van der Waals surface area contributed by atoms with Gasteiger partial charge in [0, 0.05) is 32.1 Å². The number of hydrogen-bond donors (Lipinski definition) is 2. The second-order valence-corrected chi connectivity index (χ2v) is 5.04. The van der Waals surface area contributed by atoms with Crippen LogP contribution in [0.2, 0.25) is 0 Å². The van der Waals surface area contributed by atoms with Crippen LogP contribution < -0.4 is 10.6 Å². The van der Waals surface area contributed by atoms with E-state index in [-0.39, 0.29) is 12.0 Å². The third-order valence-electron chi connectivity index (χ3n) is 3.35. The Morgan fingerprint density at radius 2 is 2.35 bits per heavy atom. The van der Waals surface area contributed by atoms with E-state index < -0.39 is 0 Å². The van der Waals surface area contributed by atoms with Crippen LogP contribution in [0.1, 0.15) is 31.2 Å². The summed E-state index contributed by atoms with van der Waals surface area (Å²) in [5.41, 5.74) is 1.17. The SMILES string of the molecule is O=C(NCCCNCc1cccnc1)C1CCCCO1. The van der Waals surface area contributed by atoms with Gasteiger partial charge in [0.25, 0.3) is 0 Å². The Bertz CT molecular complexity index is 391. The van der Waals surface area contributed by atoms with Crippen molar-refractivity contribution in [3.63, 3.8) is 0 Å². The van der Waals surface area contributed by atoms with Gasteiger partial charge in [0.15, 0.2) is 0 Å². The van der Waals surface area contributed by atoms with Crippen molar-refractivity contribution in [2.45, 2.75) is 38.3 Å². The number of rotatable bonds is 7. The first kappa shape index (κ1) is 14.9. The first-order valence-electron chi connectivity index (χ1n) is 7.35. The summed E-state index contributed by atoms with van der Waals surface area (Å²) < 4.78 is 5.44. The lowest BCUT2D eigenvalue weighted by Gasteiger charge is -2.21. The van der Waals surface area contributed by atoms with E-state index in [9.17, 15) is 4.79 Å². The molecule has 1 aliphatic rings. The van der Waals surface area contributed by atoms with Crippen LogP contribution >= 0.6 is 0 Å². The van der Waals surface area contributed by atoms with Gasteiger partial charge >= 0.3 is 0 Å². The molecule has 0 spiro atoms. The summed E-state index contributed by atoms with van der Waals surface area (Å²) in [4.78, 5) is 15.9. The van der Waals surface area contributed by atoms with Crippen LogP contribution in [0.3, 0.4) is 0 Å². The van der Waals surface area contributed by atoms with Gasteiger partial charge in [-0.05, 0) is 43.9 Å². The van der Waals surface area contributed by atoms with Crippen molar-refractivity contribution in [1.82, 2.24) is 15.6 Å². The highest BCUT2D eigenvalue weighted by molar-refractivity contribution is 5.80. The molecule has 1 atom stereocenters. The zero-order chi connectivity index (χ0) is 14.0. The van der Waals surface area contributed by atoms with Crippen molar-refractivity contribution in [3.05, 3.63) is 30.1 Å². The molecule has 0 aliphatic carbocycles. The smallest absolute Gasteiger partial charge is 0.249 e. The minimum atomic E-state index is -0.230. The Hall–Kier alpha value is -1.46. The molecule has 1 unspecified atom stereocenters. The first-order valence-corrected chi connectivity index (χ1v) is 7.35. The molecule has 5 heteroatoms. The monoisotopic (exact) mass is 277 g/mol. The van der Waals surface area contributed by atoms with Crippen LogP contribution in [0, 0.1) is 0 Å². The first-order chi connectivity index (χ1) is 9.86. The lowest BCUT2D eigenvalue weighted by molar-refractivity contribution is -0.135. The van der Waals surface area contributed by atoms with E-state index in [0.717, 1.165) is 38.8 Å². The standard InChI is InChI=1S/C15H23N3O2/c19-15(14-6-1-2-10-20-14)18-9-4-8-17-12-13-5-3-7-16-11-13/h3,5,7,11,14,17H,1-2,4,6,8-10,12H2,(H,18,19). The van der Waals surface area contributed by atoms with Crippen LogP contribution in [0.25, 0.3) is 0 Å². The molecule has 1 aromatic rings. The number of aromatic nitrogens is 1. The average Bonchev–Trinajstić information content (AvgIpc) is 2.52. The van der Waals surface area contributed by atoms with Crippen molar-refractivity contribution in [3.8, 4) is 0 Å². The zero-order valence-corrected chi connectivity index (χ0v) is 11.8. The average molecular weight is 277 g/mol. The second kappa shape index (κ2) is 8.66. The topological polar surface area (TPSA) is 63.2 Å². The quantitative estimate of drug-likeness (QED) is 0.736. The van der Waals surface area contributed by atoms with Crippen LogP contribution in [-0.4, -0.2) is 36.7 Å². The highest BCUT2D eigenvalue weighted by Crippen LogP contribution is 2.12. The fourth-order valence-corrected chi connectivity index (χ4v) is 2.22. The highest BCUT2D eigenvalue weighted by Gasteiger charge is 2.20. The molecule has 5 nitrogen and oxygen atoms in total. The summed E-state index contributed by atoms with van der Waals surface area (Å²) >= 11 is 0. The van der Waals surface area contributed by atoms with E-state index in [2.05, 4.69) is 15.6 Å². The maximum absolute atomic E-state index is 11.8. The van der Waals surface area contributed by atoms with Gasteiger partial charge in [0.05, 0.1) is 0 Å². The van der Waals surface area contributed by atoms with Gasteiger partial charge in [-0.15, -0.1) is 0 Å². The number of ether oxygens (including phenoxy) is 1. The Morgan fingerprint density at radius 1 is 1.40 bits per heavy atom. The number of hydrogen-bond acceptors (Lipinski definition) is 4. The predicted molar refractivity (Wildman–Crippen MR) is 77.2 cm³/mol. The Morgan fingerprint density at radius 3 is 3.10 bits per heavy atom. The summed E-state index contributed by atoms with van der Waals surface area (Å²) in [5, 5.41) is 6.27. The van der Waals surface area contributed by atoms with E-state index in [1.165, 1.54) is 5.56 Å². The van der Waals surface area contributed by atoms with E-state index in [0.29, 0.717) is 13.2 Å². The zero-order valence-electron chi connectivity index (χ0n) is 11.8. The number of carbonyl (C=O) groups excluding carboxylic acids is 1. The summed E-state index contributed by atoms with van der Waals surface area (Å²) in [6, 6.07) is 3.98. The van der Waals surface area contributed by atoms with E-state index in [1.807, 2.05) is 18.3 Å². The lowest BCUT2D eigenvalue weighted by Crippen LogP contribution is -2.39. The molecule has 0 radical (unpaired) electrons. The summed E-state index contributed by atoms with van der Waals surface area (Å²) in [6.45, 7) is 3.09. The number of carbonyl (C=O) groups is 1. The third-order valence-corrected chi connectivity index (χ3v) is 3.35. The van der Waals surface area contributed by atoms with Crippen molar-refractivity contribution >= 4 is 5.91 Å². The van der Waals surface area contributed by atoms with Gasteiger partial charge < -0.3 is 15.4 Å². The van der Waals surface area contributed by atoms with Crippen molar-refractivity contribution < 1.29 is 9.53 Å². The minimum Gasteiger partial charge on any atom is -0.368 e. The molecule has 0 bridgehead atoms. The molecule has 0 saturated carbocycles. The van der Waals surface area contributed by atoms with Crippen molar-refractivity contribution in [1.29, 1.82) is 0 Å². The van der Waals surface area contributed by atoms with E-state index >= 15 is 0 Å². The predicted octanol–water partition coefficient (Wildman–Crippen LogP) is 1.25. The fraction of sp³-hybridized carbons (Fsp3) is 0.600. The maximum Gasteiger partial charge on any atom is 0.249 e. The number of nitrogens with zero attached hydrogens (tertiary/aromatic N) is 1. The van der Waals surface area contributed by atoms with Crippen LogP contribution in [-0.2, 0) is 16.1 Å². The number of nitrogens with one attached hydrogen (secondary N) is 2. The molecule has 1 aromatic heterocycles. The summed E-state index contributed by atoms with van der Waals surface area (Å²) in [6.07, 6.45) is 7.32. The normalized spacial score (nSPS) is 18.7. The summed E-state index contributed by atoms with van der Waals surface area (Å²) in [7, 11) is 0. The molecular weight excluding hydrogens is 254 g/mol. The largest absolute Gasteiger partial charge is 0.368 e. The Balaban J connectivity index is 1.50.